The fraction of sp³-hybridized carbons (Fsp3) is 0.318. The number of hydrogen-bond acceptors (Lipinski definition) is 12. The van der Waals surface area contributed by atoms with Crippen LogP contribution >= 0.6 is 0 Å². The summed E-state index contributed by atoms with van der Waals surface area (Å²) in [5, 5.41) is 69.5. The van der Waals surface area contributed by atoms with E-state index >= 15 is 0 Å². The monoisotopic (exact) mass is 478 g/mol. The molecular weight excluding hydrogens is 456 g/mol. The molecule has 4 rings (SSSR count). The SMILES string of the molecule is COc1cc(O)c2c(=O)c(O[C@@H]3O[C@@H](CO)[C@@H](O)[C@@H](O)[C@@H]3O)c(-c3ccc(O)c(O)c3)oc2c1. The van der Waals surface area contributed by atoms with Gasteiger partial charge in [-0.2, -0.15) is 0 Å². The molecule has 1 saturated heterocycles. The molecule has 1 aliphatic rings. The van der Waals surface area contributed by atoms with Gasteiger partial charge in [0, 0.05) is 17.7 Å². The van der Waals surface area contributed by atoms with Gasteiger partial charge in [0.05, 0.1) is 13.7 Å². The molecule has 2 aromatic carbocycles. The lowest BCUT2D eigenvalue weighted by Crippen LogP contribution is -2.60. The van der Waals surface area contributed by atoms with E-state index < -0.39 is 65.7 Å². The highest BCUT2D eigenvalue weighted by molar-refractivity contribution is 5.88. The predicted octanol–water partition coefficient (Wildman–Crippen LogP) is -0.236. The smallest absolute Gasteiger partial charge is 0.239 e. The summed E-state index contributed by atoms with van der Waals surface area (Å²) in [7, 11) is 1.34. The number of ether oxygens (including phenoxy) is 3. The summed E-state index contributed by atoms with van der Waals surface area (Å²) >= 11 is 0. The van der Waals surface area contributed by atoms with Gasteiger partial charge in [0.1, 0.15) is 46.9 Å². The number of phenolic OH excluding ortho intramolecular Hbond substituents is 3. The molecule has 1 aliphatic heterocycles. The summed E-state index contributed by atoms with van der Waals surface area (Å²) in [4.78, 5) is 13.4. The Labute approximate surface area is 191 Å². The van der Waals surface area contributed by atoms with Gasteiger partial charge in [0.15, 0.2) is 17.3 Å². The van der Waals surface area contributed by atoms with Gasteiger partial charge >= 0.3 is 0 Å². The lowest BCUT2D eigenvalue weighted by molar-refractivity contribution is -0.277. The van der Waals surface area contributed by atoms with Crippen LogP contribution in [0.2, 0.25) is 0 Å². The topological polar surface area (TPSA) is 200 Å². The lowest BCUT2D eigenvalue weighted by Gasteiger charge is -2.39. The summed E-state index contributed by atoms with van der Waals surface area (Å²) in [5.74, 6) is -2.16. The Morgan fingerprint density at radius 1 is 0.941 bits per heavy atom. The number of benzene rings is 2. The van der Waals surface area contributed by atoms with E-state index in [1.54, 1.807) is 0 Å². The first kappa shape index (κ1) is 23.6. The highest BCUT2D eigenvalue weighted by Gasteiger charge is 2.45. The first-order valence-electron chi connectivity index (χ1n) is 10.0. The largest absolute Gasteiger partial charge is 0.507 e. The van der Waals surface area contributed by atoms with Gasteiger partial charge in [-0.25, -0.2) is 0 Å². The number of aliphatic hydroxyl groups excluding tert-OH is 4. The normalized spacial score (nSPS) is 24.8. The van der Waals surface area contributed by atoms with Crippen molar-refractivity contribution < 1.29 is 54.4 Å². The Morgan fingerprint density at radius 3 is 2.32 bits per heavy atom. The van der Waals surface area contributed by atoms with Crippen LogP contribution in [0.25, 0.3) is 22.3 Å². The van der Waals surface area contributed by atoms with Gasteiger partial charge in [0.25, 0.3) is 0 Å². The average Bonchev–Trinajstić information content (AvgIpc) is 2.82. The standard InChI is InChI=1S/C22H22O12/c1-31-9-5-12(26)15-13(6-9)32-20(8-2-3-10(24)11(25)4-8)21(17(15)28)34-22-19(30)18(29)16(27)14(7-23)33-22/h2-6,14,16,18-19,22-27,29-30H,7H2,1H3/t14-,16+,18+,19-,22-/m0/s1. The van der Waals surface area contributed by atoms with Crippen molar-refractivity contribution in [3.05, 3.63) is 40.6 Å². The van der Waals surface area contributed by atoms with E-state index in [1.807, 2.05) is 0 Å². The van der Waals surface area contributed by atoms with Crippen LogP contribution in [-0.4, -0.2) is 80.2 Å². The summed E-state index contributed by atoms with van der Waals surface area (Å²) in [5.41, 5.74) is -0.942. The number of aromatic hydroxyl groups is 3. The van der Waals surface area contributed by atoms with Crippen molar-refractivity contribution in [2.24, 2.45) is 0 Å². The second kappa shape index (κ2) is 9.00. The Kier molecular flexibility index (Phi) is 6.25. The highest BCUT2D eigenvalue weighted by Crippen LogP contribution is 2.39. The molecule has 12 heteroatoms. The molecule has 0 amide bonds. The van der Waals surface area contributed by atoms with Gasteiger partial charge in [-0.05, 0) is 18.2 Å². The molecule has 0 bridgehead atoms. The molecule has 12 nitrogen and oxygen atoms in total. The fourth-order valence-electron chi connectivity index (χ4n) is 3.62. The van der Waals surface area contributed by atoms with Gasteiger partial charge in [-0.3, -0.25) is 4.79 Å². The average molecular weight is 478 g/mol. The molecule has 7 N–H and O–H groups in total. The summed E-state index contributed by atoms with van der Waals surface area (Å²) in [6.45, 7) is -0.726. The maximum atomic E-state index is 13.4. The first-order valence-corrected chi connectivity index (χ1v) is 10.0. The van der Waals surface area contributed by atoms with E-state index in [9.17, 15) is 40.5 Å². The quantitative estimate of drug-likeness (QED) is 0.238. The molecule has 5 atom stereocenters. The van der Waals surface area contributed by atoms with Crippen molar-refractivity contribution in [1.82, 2.24) is 0 Å². The molecule has 0 saturated carbocycles. The molecule has 1 fully saturated rings. The molecule has 3 aromatic rings. The molecule has 2 heterocycles. The number of aliphatic hydroxyl groups is 4. The van der Waals surface area contributed by atoms with E-state index in [2.05, 4.69) is 0 Å². The van der Waals surface area contributed by atoms with Crippen LogP contribution in [-0.2, 0) is 4.74 Å². The third-order valence-electron chi connectivity index (χ3n) is 5.46. The molecular formula is C22H22O12. The second-order valence-electron chi connectivity index (χ2n) is 7.63. The van der Waals surface area contributed by atoms with Crippen molar-refractivity contribution in [1.29, 1.82) is 0 Å². The predicted molar refractivity (Wildman–Crippen MR) is 114 cm³/mol. The van der Waals surface area contributed by atoms with Gasteiger partial charge < -0.3 is 54.4 Å². The molecule has 0 spiro atoms. The molecule has 182 valence electrons. The van der Waals surface area contributed by atoms with Crippen LogP contribution in [0.3, 0.4) is 0 Å². The number of methoxy groups -OCH3 is 1. The lowest BCUT2D eigenvalue weighted by atomic mass is 9.99. The van der Waals surface area contributed by atoms with Crippen molar-refractivity contribution in [3.8, 4) is 40.1 Å². The van der Waals surface area contributed by atoms with Crippen LogP contribution in [0.4, 0.5) is 0 Å². The fourth-order valence-corrected chi connectivity index (χ4v) is 3.62. The summed E-state index contributed by atoms with van der Waals surface area (Å²) in [6, 6.07) is 6.02. The third kappa shape index (κ3) is 3.97. The molecule has 0 unspecified atom stereocenters. The summed E-state index contributed by atoms with van der Waals surface area (Å²) in [6.07, 6.45) is -8.31. The van der Waals surface area contributed by atoms with Crippen LogP contribution in [0.1, 0.15) is 0 Å². The first-order chi connectivity index (χ1) is 16.2. The van der Waals surface area contributed by atoms with Gasteiger partial charge in [-0.1, -0.05) is 0 Å². The Hall–Kier alpha value is -3.55. The van der Waals surface area contributed by atoms with E-state index in [0.29, 0.717) is 0 Å². The highest BCUT2D eigenvalue weighted by atomic mass is 16.7. The van der Waals surface area contributed by atoms with Gasteiger partial charge in [-0.15, -0.1) is 0 Å². The Balaban J connectivity index is 1.92. The van der Waals surface area contributed by atoms with Crippen LogP contribution in [0.5, 0.6) is 28.7 Å². The van der Waals surface area contributed by atoms with E-state index in [0.717, 1.165) is 12.1 Å². The van der Waals surface area contributed by atoms with Gasteiger partial charge in [0.2, 0.25) is 17.5 Å². The number of fused-ring (bicyclic) bond motifs is 1. The maximum absolute atomic E-state index is 13.4. The third-order valence-corrected chi connectivity index (χ3v) is 5.46. The molecule has 1 aromatic heterocycles. The second-order valence-corrected chi connectivity index (χ2v) is 7.63. The minimum absolute atomic E-state index is 0.0659. The number of rotatable bonds is 5. The number of phenols is 3. The van der Waals surface area contributed by atoms with Crippen molar-refractivity contribution in [3.63, 3.8) is 0 Å². The van der Waals surface area contributed by atoms with Crippen LogP contribution < -0.4 is 14.9 Å². The minimum atomic E-state index is -1.83. The summed E-state index contributed by atoms with van der Waals surface area (Å²) < 4.78 is 21.8. The zero-order valence-electron chi connectivity index (χ0n) is 17.7. The van der Waals surface area contributed by atoms with Crippen molar-refractivity contribution >= 4 is 11.0 Å². The van der Waals surface area contributed by atoms with E-state index in [-0.39, 0.29) is 28.0 Å². The zero-order valence-corrected chi connectivity index (χ0v) is 17.7. The Bertz CT molecular complexity index is 1270. The molecule has 0 radical (unpaired) electrons. The van der Waals surface area contributed by atoms with E-state index in [1.165, 1.54) is 25.3 Å². The molecule has 34 heavy (non-hydrogen) atoms. The molecule has 0 aliphatic carbocycles. The van der Waals surface area contributed by atoms with Crippen molar-refractivity contribution in [2.75, 3.05) is 13.7 Å². The van der Waals surface area contributed by atoms with Crippen molar-refractivity contribution in [2.45, 2.75) is 30.7 Å². The number of hydrogen-bond donors (Lipinski definition) is 7. The minimum Gasteiger partial charge on any atom is -0.507 e. The zero-order chi connectivity index (χ0) is 24.7. The Morgan fingerprint density at radius 2 is 1.68 bits per heavy atom. The maximum Gasteiger partial charge on any atom is 0.239 e. The van der Waals surface area contributed by atoms with Crippen LogP contribution in [0, 0.1) is 0 Å². The van der Waals surface area contributed by atoms with Crippen LogP contribution in [0.15, 0.2) is 39.5 Å². The van der Waals surface area contributed by atoms with E-state index in [4.69, 9.17) is 18.6 Å².